The molecule has 3 atom stereocenters. The fourth-order valence-corrected chi connectivity index (χ4v) is 5.08. The van der Waals surface area contributed by atoms with Crippen molar-refractivity contribution in [1.82, 2.24) is 5.32 Å². The minimum atomic E-state index is -0.880. The first-order valence-corrected chi connectivity index (χ1v) is 11.4. The van der Waals surface area contributed by atoms with Gasteiger partial charge in [-0.3, -0.25) is 9.59 Å². The van der Waals surface area contributed by atoms with Gasteiger partial charge in [0.05, 0.1) is 0 Å². The van der Waals surface area contributed by atoms with E-state index in [4.69, 9.17) is 11.6 Å². The summed E-state index contributed by atoms with van der Waals surface area (Å²) < 4.78 is 0. The average molecular weight is 433 g/mol. The number of nitrogens with one attached hydrogen (secondary N) is 1. The van der Waals surface area contributed by atoms with Crippen LogP contribution in [0.2, 0.25) is 5.02 Å². The van der Waals surface area contributed by atoms with Crippen LogP contribution in [0, 0.1) is 17.3 Å². The molecular formula is C25H37ClN2O2. The number of allylic oxidation sites excluding steroid dienone is 1. The lowest BCUT2D eigenvalue weighted by molar-refractivity contribution is -0.139. The Balaban J connectivity index is 2.43. The molecule has 2 rings (SSSR count). The molecule has 1 amide bonds. The third kappa shape index (κ3) is 5.46. The number of nitrogens with zero attached hydrogens (tertiary/aromatic N) is 1. The maximum Gasteiger partial charge on any atom is 0.217 e. The van der Waals surface area contributed by atoms with Crippen LogP contribution >= 0.6 is 11.6 Å². The van der Waals surface area contributed by atoms with E-state index >= 15 is 0 Å². The molecule has 1 fully saturated rings. The summed E-state index contributed by atoms with van der Waals surface area (Å²) in [5.74, 6) is -0.0710. The number of Topliss-reactive ketones (excluding diaryl/α,β-unsaturated/α-hetero) is 1. The molecule has 0 radical (unpaired) electrons. The highest BCUT2D eigenvalue weighted by Gasteiger charge is 2.51. The lowest BCUT2D eigenvalue weighted by Gasteiger charge is -2.43. The van der Waals surface area contributed by atoms with Crippen molar-refractivity contribution >= 4 is 29.0 Å². The summed E-state index contributed by atoms with van der Waals surface area (Å²) in [6.45, 7) is 15.4. The van der Waals surface area contributed by atoms with Crippen molar-refractivity contribution in [2.24, 2.45) is 17.3 Å². The van der Waals surface area contributed by atoms with E-state index < -0.39 is 5.54 Å². The van der Waals surface area contributed by atoms with Gasteiger partial charge in [-0.25, -0.2) is 0 Å². The highest BCUT2D eigenvalue weighted by molar-refractivity contribution is 6.30. The van der Waals surface area contributed by atoms with Crippen LogP contribution in [-0.4, -0.2) is 30.3 Å². The van der Waals surface area contributed by atoms with Gasteiger partial charge in [0, 0.05) is 42.6 Å². The van der Waals surface area contributed by atoms with Crippen molar-refractivity contribution in [3.05, 3.63) is 41.9 Å². The summed E-state index contributed by atoms with van der Waals surface area (Å²) in [4.78, 5) is 28.7. The van der Waals surface area contributed by atoms with Crippen LogP contribution in [0.25, 0.3) is 0 Å². The highest BCUT2D eigenvalue weighted by Crippen LogP contribution is 2.41. The van der Waals surface area contributed by atoms with Crippen molar-refractivity contribution in [3.63, 3.8) is 0 Å². The summed E-state index contributed by atoms with van der Waals surface area (Å²) >= 11 is 6.05. The summed E-state index contributed by atoms with van der Waals surface area (Å²) in [5.41, 5.74) is 0.0468. The highest BCUT2D eigenvalue weighted by atomic mass is 35.5. The molecule has 0 aliphatic carbocycles. The molecule has 1 aromatic carbocycles. The second-order valence-corrected chi connectivity index (χ2v) is 10.0. The molecule has 5 heteroatoms. The fourth-order valence-electron chi connectivity index (χ4n) is 4.95. The van der Waals surface area contributed by atoms with E-state index in [0.29, 0.717) is 17.9 Å². The van der Waals surface area contributed by atoms with Gasteiger partial charge in [0.25, 0.3) is 0 Å². The molecule has 1 N–H and O–H groups in total. The number of halogens is 1. The van der Waals surface area contributed by atoms with Crippen molar-refractivity contribution < 1.29 is 9.59 Å². The molecule has 1 unspecified atom stereocenters. The van der Waals surface area contributed by atoms with Gasteiger partial charge in [-0.2, -0.15) is 0 Å². The van der Waals surface area contributed by atoms with Gasteiger partial charge in [0.2, 0.25) is 5.91 Å². The third-order valence-electron chi connectivity index (χ3n) is 6.43. The van der Waals surface area contributed by atoms with Crippen molar-refractivity contribution in [1.29, 1.82) is 0 Å². The van der Waals surface area contributed by atoms with Crippen LogP contribution in [0.1, 0.15) is 60.3 Å². The summed E-state index contributed by atoms with van der Waals surface area (Å²) in [6, 6.07) is 7.81. The lowest BCUT2D eigenvalue weighted by Crippen LogP contribution is -2.62. The predicted octanol–water partition coefficient (Wildman–Crippen LogP) is 5.65. The topological polar surface area (TPSA) is 49.4 Å². The largest absolute Gasteiger partial charge is 0.371 e. The maximum atomic E-state index is 14.1. The molecule has 0 saturated carbocycles. The fraction of sp³-hybridized carbons (Fsp3) is 0.600. The SMILES string of the molecule is C=CCC[C@](NC(C)=O)(C(=O)C(CC)C(C)(C)C)[C@H]1CCN(c2ccc(Cl)cc2)C1. The van der Waals surface area contributed by atoms with Crippen molar-refractivity contribution in [3.8, 4) is 0 Å². The molecule has 1 aliphatic heterocycles. The van der Waals surface area contributed by atoms with Crippen molar-refractivity contribution in [2.75, 3.05) is 18.0 Å². The van der Waals surface area contributed by atoms with Gasteiger partial charge in [0.1, 0.15) is 5.54 Å². The molecule has 0 spiro atoms. The zero-order valence-electron chi connectivity index (χ0n) is 19.1. The van der Waals surface area contributed by atoms with Crippen LogP contribution in [0.15, 0.2) is 36.9 Å². The van der Waals surface area contributed by atoms with Crippen LogP contribution in [0.3, 0.4) is 0 Å². The van der Waals surface area contributed by atoms with Crippen LogP contribution < -0.4 is 10.2 Å². The lowest BCUT2D eigenvalue weighted by atomic mass is 9.65. The average Bonchev–Trinajstić information content (AvgIpc) is 3.15. The van der Waals surface area contributed by atoms with E-state index in [1.165, 1.54) is 6.92 Å². The number of anilines is 1. The van der Waals surface area contributed by atoms with Crippen molar-refractivity contribution in [2.45, 2.75) is 65.8 Å². The van der Waals surface area contributed by atoms with Gasteiger partial charge in [-0.1, -0.05) is 45.4 Å². The third-order valence-corrected chi connectivity index (χ3v) is 6.68. The Morgan fingerprint density at radius 3 is 2.43 bits per heavy atom. The van der Waals surface area contributed by atoms with Gasteiger partial charge >= 0.3 is 0 Å². The molecule has 0 aromatic heterocycles. The Hall–Kier alpha value is -1.81. The predicted molar refractivity (Wildman–Crippen MR) is 126 cm³/mol. The Labute approximate surface area is 187 Å². The second kappa shape index (κ2) is 10.00. The Bertz CT molecular complexity index is 753. The van der Waals surface area contributed by atoms with E-state index in [9.17, 15) is 9.59 Å². The molecular weight excluding hydrogens is 396 g/mol. The van der Waals surface area contributed by atoms with E-state index in [-0.39, 0.29) is 28.9 Å². The zero-order chi connectivity index (χ0) is 22.5. The zero-order valence-corrected chi connectivity index (χ0v) is 19.9. The van der Waals surface area contributed by atoms with E-state index in [1.807, 2.05) is 30.3 Å². The maximum absolute atomic E-state index is 14.1. The molecule has 4 nitrogen and oxygen atoms in total. The molecule has 166 valence electrons. The minimum Gasteiger partial charge on any atom is -0.371 e. The number of ketones is 1. The number of rotatable bonds is 9. The molecule has 1 aliphatic rings. The van der Waals surface area contributed by atoms with Gasteiger partial charge < -0.3 is 10.2 Å². The van der Waals surface area contributed by atoms with E-state index in [2.05, 4.69) is 44.5 Å². The second-order valence-electron chi connectivity index (χ2n) is 9.58. The molecule has 1 saturated heterocycles. The Morgan fingerprint density at radius 2 is 1.93 bits per heavy atom. The van der Waals surface area contributed by atoms with Gasteiger partial charge in [-0.15, -0.1) is 6.58 Å². The number of hydrogen-bond acceptors (Lipinski definition) is 3. The van der Waals surface area contributed by atoms with Crippen LogP contribution in [-0.2, 0) is 9.59 Å². The van der Waals surface area contributed by atoms with Crippen LogP contribution in [0.5, 0.6) is 0 Å². The summed E-state index contributed by atoms with van der Waals surface area (Å²) in [5, 5.41) is 3.86. The normalized spacial score (nSPS) is 19.8. The van der Waals surface area contributed by atoms with Gasteiger partial charge in [0.15, 0.2) is 5.78 Å². The molecule has 1 heterocycles. The molecule has 30 heavy (non-hydrogen) atoms. The number of carbonyl (C=O) groups is 2. The molecule has 0 bridgehead atoms. The quantitative estimate of drug-likeness (QED) is 0.513. The number of amides is 1. The van der Waals surface area contributed by atoms with Crippen LogP contribution in [0.4, 0.5) is 5.69 Å². The minimum absolute atomic E-state index is 0.0425. The number of carbonyl (C=O) groups excluding carboxylic acids is 2. The number of benzene rings is 1. The monoisotopic (exact) mass is 432 g/mol. The summed E-state index contributed by atoms with van der Waals surface area (Å²) in [6.07, 6.45) is 4.72. The van der Waals surface area contributed by atoms with Gasteiger partial charge in [-0.05, 0) is 55.4 Å². The number of hydrogen-bond donors (Lipinski definition) is 1. The first-order chi connectivity index (χ1) is 14.0. The first-order valence-electron chi connectivity index (χ1n) is 11.0. The Morgan fingerprint density at radius 1 is 1.30 bits per heavy atom. The van der Waals surface area contributed by atoms with E-state index in [1.54, 1.807) is 0 Å². The van der Waals surface area contributed by atoms with E-state index in [0.717, 1.165) is 31.6 Å². The molecule has 1 aromatic rings. The smallest absolute Gasteiger partial charge is 0.217 e. The standard InChI is InChI=1S/C25H37ClN2O2/c1-7-9-15-25(27-18(3)29,23(30)22(8-2)24(4,5)6)19-14-16-28(17-19)21-12-10-20(26)11-13-21/h7,10-13,19,22H,1,8-9,14-17H2,2-6H3,(H,27,29)/t19-,22?,25+/m0/s1. The first kappa shape index (κ1) is 24.5. The summed E-state index contributed by atoms with van der Waals surface area (Å²) in [7, 11) is 0. The Kier molecular flexibility index (Phi) is 8.15.